The highest BCUT2D eigenvalue weighted by Crippen LogP contribution is 2.30. The van der Waals surface area contributed by atoms with E-state index in [1.807, 2.05) is 17.5 Å². The Morgan fingerprint density at radius 3 is 2.68 bits per heavy atom. The Bertz CT molecular complexity index is 668. The average molecular weight is 360 g/mol. The molecule has 0 aliphatic heterocycles. The van der Waals surface area contributed by atoms with Crippen LogP contribution in [0.1, 0.15) is 42.7 Å². The van der Waals surface area contributed by atoms with Gasteiger partial charge < -0.3 is 5.32 Å². The lowest BCUT2D eigenvalue weighted by atomic mass is 10.1. The fourth-order valence-electron chi connectivity index (χ4n) is 3.06. The summed E-state index contributed by atoms with van der Waals surface area (Å²) >= 11 is 1.60. The number of carbonyl (C=O) groups is 1. The first-order valence-corrected chi connectivity index (χ1v) is 9.84. The first kappa shape index (κ1) is 18.1. The molecule has 1 aliphatic rings. The molecule has 0 saturated heterocycles. The van der Waals surface area contributed by atoms with Crippen LogP contribution in [0.4, 0.5) is 4.39 Å². The topological polar surface area (TPSA) is 32.3 Å². The minimum atomic E-state index is -0.265. The summed E-state index contributed by atoms with van der Waals surface area (Å²) in [5, 5.41) is 5.14. The molecule has 0 spiro atoms. The molecule has 1 aliphatic carbocycles. The second kappa shape index (κ2) is 8.59. The maximum absolute atomic E-state index is 13.2. The van der Waals surface area contributed by atoms with E-state index >= 15 is 0 Å². The minimum Gasteiger partial charge on any atom is -0.343 e. The van der Waals surface area contributed by atoms with Crippen LogP contribution in [0.5, 0.6) is 0 Å². The molecule has 0 radical (unpaired) electrons. The van der Waals surface area contributed by atoms with Crippen LogP contribution in [0.25, 0.3) is 0 Å². The van der Waals surface area contributed by atoms with Gasteiger partial charge in [-0.25, -0.2) is 4.39 Å². The monoisotopic (exact) mass is 360 g/mol. The van der Waals surface area contributed by atoms with Crippen molar-refractivity contribution in [1.29, 1.82) is 0 Å². The van der Waals surface area contributed by atoms with Gasteiger partial charge in [0.05, 0.1) is 12.6 Å². The van der Waals surface area contributed by atoms with Crippen LogP contribution in [-0.2, 0) is 4.79 Å². The molecule has 1 aromatic carbocycles. The molecule has 1 N–H and O–H groups in total. The summed E-state index contributed by atoms with van der Waals surface area (Å²) in [5.41, 5.74) is 0.904. The number of nitrogens with zero attached hydrogens (tertiary/aromatic N) is 1. The van der Waals surface area contributed by atoms with Gasteiger partial charge >= 0.3 is 0 Å². The first-order chi connectivity index (χ1) is 12.2. The van der Waals surface area contributed by atoms with E-state index in [1.54, 1.807) is 23.5 Å². The standard InChI is InChI=1S/C20H25FN2OS/c1-2-11-23(13-15-5-6-15)14-19(24)22-20(18-4-3-12-25-18)16-7-9-17(21)10-8-16/h3-4,7-10,12,15,20H,2,5-6,11,13-14H2,1H3,(H,22,24). The zero-order valence-electron chi connectivity index (χ0n) is 14.6. The molecule has 1 unspecified atom stereocenters. The number of rotatable bonds is 9. The van der Waals surface area contributed by atoms with Crippen LogP contribution in [-0.4, -0.2) is 30.4 Å². The number of amides is 1. The highest BCUT2D eigenvalue weighted by Gasteiger charge is 2.26. The average Bonchev–Trinajstić information content (AvgIpc) is 3.24. The van der Waals surface area contributed by atoms with Crippen molar-refractivity contribution in [3.8, 4) is 0 Å². The minimum absolute atomic E-state index is 0.0248. The van der Waals surface area contributed by atoms with E-state index < -0.39 is 0 Å². The maximum Gasteiger partial charge on any atom is 0.234 e. The number of thiophene rings is 1. The molecular formula is C20H25FN2OS. The number of hydrogen-bond donors (Lipinski definition) is 1. The highest BCUT2D eigenvalue weighted by atomic mass is 32.1. The van der Waals surface area contributed by atoms with Crippen molar-refractivity contribution < 1.29 is 9.18 Å². The number of nitrogens with one attached hydrogen (secondary N) is 1. The van der Waals surface area contributed by atoms with Gasteiger partial charge in [-0.05, 0) is 60.9 Å². The maximum atomic E-state index is 13.2. The van der Waals surface area contributed by atoms with E-state index in [4.69, 9.17) is 0 Å². The van der Waals surface area contributed by atoms with E-state index in [2.05, 4.69) is 17.1 Å². The van der Waals surface area contributed by atoms with Crippen LogP contribution in [0.2, 0.25) is 0 Å². The van der Waals surface area contributed by atoms with Gasteiger partial charge in [0.1, 0.15) is 5.82 Å². The number of carbonyl (C=O) groups excluding carboxylic acids is 1. The molecule has 1 atom stereocenters. The van der Waals surface area contributed by atoms with Crippen LogP contribution in [0, 0.1) is 11.7 Å². The molecular weight excluding hydrogens is 335 g/mol. The molecule has 2 aromatic rings. The normalized spacial score (nSPS) is 15.3. The lowest BCUT2D eigenvalue weighted by Gasteiger charge is -2.23. The second-order valence-corrected chi connectivity index (χ2v) is 7.73. The Hall–Kier alpha value is -1.72. The van der Waals surface area contributed by atoms with E-state index in [-0.39, 0.29) is 17.8 Å². The first-order valence-electron chi connectivity index (χ1n) is 8.96. The molecule has 3 nitrogen and oxygen atoms in total. The lowest BCUT2D eigenvalue weighted by Crippen LogP contribution is -2.40. The van der Waals surface area contributed by atoms with Gasteiger partial charge in [-0.15, -0.1) is 11.3 Å². The summed E-state index contributed by atoms with van der Waals surface area (Å²) in [6.45, 7) is 4.53. The van der Waals surface area contributed by atoms with E-state index in [9.17, 15) is 9.18 Å². The number of benzene rings is 1. The smallest absolute Gasteiger partial charge is 0.234 e. The molecule has 1 aromatic heterocycles. The van der Waals surface area contributed by atoms with Crippen molar-refractivity contribution in [2.45, 2.75) is 32.2 Å². The highest BCUT2D eigenvalue weighted by molar-refractivity contribution is 7.10. The van der Waals surface area contributed by atoms with Crippen molar-refractivity contribution in [1.82, 2.24) is 10.2 Å². The third-order valence-corrected chi connectivity index (χ3v) is 5.39. The molecule has 0 bridgehead atoms. The van der Waals surface area contributed by atoms with Crippen molar-refractivity contribution >= 4 is 17.2 Å². The predicted octanol–water partition coefficient (Wildman–Crippen LogP) is 4.21. The van der Waals surface area contributed by atoms with Gasteiger partial charge in [0.2, 0.25) is 5.91 Å². The summed E-state index contributed by atoms with van der Waals surface area (Å²) in [7, 11) is 0. The van der Waals surface area contributed by atoms with Crippen molar-refractivity contribution in [3.05, 3.63) is 58.0 Å². The second-order valence-electron chi connectivity index (χ2n) is 6.75. The molecule has 1 heterocycles. The number of halogens is 1. The molecule has 1 saturated carbocycles. The third kappa shape index (κ3) is 5.38. The van der Waals surface area contributed by atoms with Gasteiger partial charge in [0, 0.05) is 11.4 Å². The Kier molecular flexibility index (Phi) is 6.21. The largest absolute Gasteiger partial charge is 0.343 e. The van der Waals surface area contributed by atoms with Crippen LogP contribution in [0.15, 0.2) is 41.8 Å². The predicted molar refractivity (Wildman–Crippen MR) is 100 cm³/mol. The molecule has 3 rings (SSSR count). The summed E-state index contributed by atoms with van der Waals surface area (Å²) < 4.78 is 13.2. The van der Waals surface area contributed by atoms with E-state index in [1.165, 1.54) is 25.0 Å². The lowest BCUT2D eigenvalue weighted by molar-refractivity contribution is -0.122. The van der Waals surface area contributed by atoms with Crippen molar-refractivity contribution in [2.75, 3.05) is 19.6 Å². The molecule has 25 heavy (non-hydrogen) atoms. The molecule has 1 fully saturated rings. The van der Waals surface area contributed by atoms with Gasteiger partial charge in [-0.1, -0.05) is 25.1 Å². The van der Waals surface area contributed by atoms with E-state index in [0.717, 1.165) is 35.9 Å². The van der Waals surface area contributed by atoms with Crippen molar-refractivity contribution in [2.24, 2.45) is 5.92 Å². The quantitative estimate of drug-likeness (QED) is 0.726. The van der Waals surface area contributed by atoms with Crippen LogP contribution in [0.3, 0.4) is 0 Å². The van der Waals surface area contributed by atoms with Gasteiger partial charge in [0.25, 0.3) is 0 Å². The Balaban J connectivity index is 1.68. The summed E-state index contributed by atoms with van der Waals surface area (Å²) in [4.78, 5) is 16.0. The van der Waals surface area contributed by atoms with Crippen LogP contribution < -0.4 is 5.32 Å². The molecule has 134 valence electrons. The van der Waals surface area contributed by atoms with E-state index in [0.29, 0.717) is 6.54 Å². The molecule has 1 amide bonds. The summed E-state index contributed by atoms with van der Waals surface area (Å²) in [5.74, 6) is 0.528. The Morgan fingerprint density at radius 1 is 1.32 bits per heavy atom. The number of hydrogen-bond acceptors (Lipinski definition) is 3. The SMILES string of the molecule is CCCN(CC(=O)NC(c1ccc(F)cc1)c1cccs1)CC1CC1. The Labute approximate surface area is 152 Å². The van der Waals surface area contributed by atoms with Gasteiger partial charge in [0.15, 0.2) is 0 Å². The summed E-state index contributed by atoms with van der Waals surface area (Å²) in [6.07, 6.45) is 3.62. The summed E-state index contributed by atoms with van der Waals surface area (Å²) in [6, 6.07) is 10.1. The zero-order chi connectivity index (χ0) is 17.6. The Morgan fingerprint density at radius 2 is 2.08 bits per heavy atom. The zero-order valence-corrected chi connectivity index (χ0v) is 15.4. The van der Waals surface area contributed by atoms with Gasteiger partial charge in [-0.3, -0.25) is 9.69 Å². The fourth-order valence-corrected chi connectivity index (χ4v) is 3.86. The van der Waals surface area contributed by atoms with Crippen LogP contribution >= 0.6 is 11.3 Å². The third-order valence-electron chi connectivity index (χ3n) is 4.46. The van der Waals surface area contributed by atoms with Gasteiger partial charge in [-0.2, -0.15) is 0 Å². The molecule has 5 heteroatoms. The van der Waals surface area contributed by atoms with Crippen molar-refractivity contribution in [3.63, 3.8) is 0 Å². The fraction of sp³-hybridized carbons (Fsp3) is 0.450.